The van der Waals surface area contributed by atoms with Gasteiger partial charge in [0.1, 0.15) is 5.82 Å². The van der Waals surface area contributed by atoms with E-state index in [9.17, 15) is 4.79 Å². The zero-order valence-corrected chi connectivity index (χ0v) is 10.7. The van der Waals surface area contributed by atoms with Gasteiger partial charge in [-0.25, -0.2) is 4.98 Å². The third kappa shape index (κ3) is 4.26. The highest BCUT2D eigenvalue weighted by atomic mass is 16.2. The monoisotopic (exact) mass is 237 g/mol. The highest BCUT2D eigenvalue weighted by Crippen LogP contribution is 2.08. The molecule has 0 atom stereocenters. The van der Waals surface area contributed by atoms with Gasteiger partial charge in [0.05, 0.1) is 0 Å². The SMILES string of the molecule is CNc1nc(C)cc(NCCC(=O)N(C)C)n1. The van der Waals surface area contributed by atoms with Crippen LogP contribution in [0.1, 0.15) is 12.1 Å². The minimum Gasteiger partial charge on any atom is -0.369 e. The number of hydrogen-bond donors (Lipinski definition) is 2. The van der Waals surface area contributed by atoms with Gasteiger partial charge in [-0.05, 0) is 6.92 Å². The van der Waals surface area contributed by atoms with Gasteiger partial charge in [-0.1, -0.05) is 0 Å². The second-order valence-electron chi connectivity index (χ2n) is 3.93. The first-order valence-electron chi connectivity index (χ1n) is 5.50. The van der Waals surface area contributed by atoms with E-state index in [-0.39, 0.29) is 5.91 Å². The maximum absolute atomic E-state index is 11.4. The van der Waals surface area contributed by atoms with Gasteiger partial charge < -0.3 is 15.5 Å². The first-order chi connectivity index (χ1) is 8.02. The average Bonchev–Trinajstić information content (AvgIpc) is 2.27. The summed E-state index contributed by atoms with van der Waals surface area (Å²) in [5.41, 5.74) is 0.880. The van der Waals surface area contributed by atoms with Gasteiger partial charge in [0.2, 0.25) is 11.9 Å². The molecule has 0 saturated heterocycles. The summed E-state index contributed by atoms with van der Waals surface area (Å²) < 4.78 is 0. The fraction of sp³-hybridized carbons (Fsp3) is 0.545. The lowest BCUT2D eigenvalue weighted by molar-refractivity contribution is -0.128. The maximum atomic E-state index is 11.4. The lowest BCUT2D eigenvalue weighted by atomic mass is 10.3. The van der Waals surface area contributed by atoms with Crippen molar-refractivity contribution in [2.45, 2.75) is 13.3 Å². The van der Waals surface area contributed by atoms with Gasteiger partial charge in [0, 0.05) is 45.9 Å². The quantitative estimate of drug-likeness (QED) is 0.789. The van der Waals surface area contributed by atoms with Crippen LogP contribution in [0.25, 0.3) is 0 Å². The summed E-state index contributed by atoms with van der Waals surface area (Å²) in [5, 5.41) is 6.00. The van der Waals surface area contributed by atoms with Crippen molar-refractivity contribution in [3.63, 3.8) is 0 Å². The molecule has 1 aromatic heterocycles. The number of nitrogens with one attached hydrogen (secondary N) is 2. The van der Waals surface area contributed by atoms with E-state index in [2.05, 4.69) is 20.6 Å². The number of hydrogen-bond acceptors (Lipinski definition) is 5. The molecular weight excluding hydrogens is 218 g/mol. The lowest BCUT2D eigenvalue weighted by Crippen LogP contribution is -2.24. The molecule has 94 valence electrons. The molecule has 2 N–H and O–H groups in total. The van der Waals surface area contributed by atoms with Crippen LogP contribution in [0.5, 0.6) is 0 Å². The molecule has 1 rings (SSSR count). The number of nitrogens with zero attached hydrogens (tertiary/aromatic N) is 3. The van der Waals surface area contributed by atoms with E-state index in [1.807, 2.05) is 13.0 Å². The summed E-state index contributed by atoms with van der Waals surface area (Å²) >= 11 is 0. The summed E-state index contributed by atoms with van der Waals surface area (Å²) in [4.78, 5) is 21.4. The summed E-state index contributed by atoms with van der Waals surface area (Å²) in [6.07, 6.45) is 0.449. The Hall–Kier alpha value is -1.85. The van der Waals surface area contributed by atoms with Gasteiger partial charge in [0.15, 0.2) is 0 Å². The van der Waals surface area contributed by atoms with Crippen LogP contribution < -0.4 is 10.6 Å². The number of rotatable bonds is 5. The number of aryl methyl sites for hydroxylation is 1. The van der Waals surface area contributed by atoms with Crippen molar-refractivity contribution in [1.82, 2.24) is 14.9 Å². The molecule has 0 fully saturated rings. The molecular formula is C11H19N5O. The molecule has 0 aromatic carbocycles. The topological polar surface area (TPSA) is 70.2 Å². The molecule has 1 heterocycles. The number of amides is 1. The largest absolute Gasteiger partial charge is 0.369 e. The Kier molecular flexibility index (Phi) is 4.68. The molecule has 0 radical (unpaired) electrons. The van der Waals surface area contributed by atoms with Crippen LogP contribution in [0, 0.1) is 6.92 Å². The number of carbonyl (C=O) groups is 1. The van der Waals surface area contributed by atoms with Crippen LogP contribution in [0.3, 0.4) is 0 Å². The Morgan fingerprint density at radius 2 is 2.12 bits per heavy atom. The third-order valence-electron chi connectivity index (χ3n) is 2.22. The summed E-state index contributed by atoms with van der Waals surface area (Å²) in [6.45, 7) is 2.47. The molecule has 6 nitrogen and oxygen atoms in total. The van der Waals surface area contributed by atoms with Crippen LogP contribution in [-0.4, -0.2) is 48.5 Å². The van der Waals surface area contributed by atoms with Gasteiger partial charge in [-0.15, -0.1) is 0 Å². The molecule has 0 aliphatic heterocycles. The van der Waals surface area contributed by atoms with Crippen molar-refractivity contribution in [3.8, 4) is 0 Å². The molecule has 0 aliphatic rings. The summed E-state index contributed by atoms with van der Waals surface area (Å²) in [6, 6.07) is 1.85. The molecule has 1 aromatic rings. The minimum atomic E-state index is 0.0946. The van der Waals surface area contributed by atoms with E-state index in [1.165, 1.54) is 0 Å². The van der Waals surface area contributed by atoms with Crippen LogP contribution in [0.4, 0.5) is 11.8 Å². The molecule has 17 heavy (non-hydrogen) atoms. The highest BCUT2D eigenvalue weighted by Gasteiger charge is 2.04. The zero-order valence-electron chi connectivity index (χ0n) is 10.7. The maximum Gasteiger partial charge on any atom is 0.224 e. The molecule has 6 heteroatoms. The molecule has 0 saturated carbocycles. The normalized spacial score (nSPS) is 9.88. The first kappa shape index (κ1) is 13.2. The van der Waals surface area contributed by atoms with Crippen LogP contribution >= 0.6 is 0 Å². The number of aromatic nitrogens is 2. The van der Waals surface area contributed by atoms with Gasteiger partial charge in [-0.2, -0.15) is 4.98 Å². The smallest absolute Gasteiger partial charge is 0.224 e. The fourth-order valence-electron chi connectivity index (χ4n) is 1.29. The van der Waals surface area contributed by atoms with Crippen molar-refractivity contribution in [2.75, 3.05) is 38.3 Å². The summed E-state index contributed by atoms with van der Waals surface area (Å²) in [5.74, 6) is 1.40. The standard InChI is InChI=1S/C11H19N5O/c1-8-7-9(15-11(12-2)14-8)13-6-5-10(17)16(3)4/h7H,5-6H2,1-4H3,(H2,12,13,14,15). The van der Waals surface area contributed by atoms with E-state index in [0.29, 0.717) is 18.9 Å². The van der Waals surface area contributed by atoms with Crippen molar-refractivity contribution < 1.29 is 4.79 Å². The molecule has 0 spiro atoms. The fourth-order valence-corrected chi connectivity index (χ4v) is 1.29. The Bertz CT molecular complexity index is 391. The molecule has 0 unspecified atom stereocenters. The average molecular weight is 237 g/mol. The highest BCUT2D eigenvalue weighted by molar-refractivity contribution is 5.76. The van der Waals surface area contributed by atoms with E-state index in [0.717, 1.165) is 11.5 Å². The van der Waals surface area contributed by atoms with Crippen LogP contribution in [-0.2, 0) is 4.79 Å². The van der Waals surface area contributed by atoms with Gasteiger partial charge >= 0.3 is 0 Å². The van der Waals surface area contributed by atoms with E-state index < -0.39 is 0 Å². The molecule has 0 aliphatic carbocycles. The second kappa shape index (κ2) is 6.03. The van der Waals surface area contributed by atoms with Crippen LogP contribution in [0.2, 0.25) is 0 Å². The minimum absolute atomic E-state index is 0.0946. The van der Waals surface area contributed by atoms with E-state index >= 15 is 0 Å². The lowest BCUT2D eigenvalue weighted by Gasteiger charge is -2.11. The Balaban J connectivity index is 2.52. The second-order valence-corrected chi connectivity index (χ2v) is 3.93. The van der Waals surface area contributed by atoms with Crippen molar-refractivity contribution in [1.29, 1.82) is 0 Å². The summed E-state index contributed by atoms with van der Waals surface area (Å²) in [7, 11) is 5.26. The number of anilines is 2. The van der Waals surface area contributed by atoms with E-state index in [4.69, 9.17) is 0 Å². The third-order valence-corrected chi connectivity index (χ3v) is 2.22. The van der Waals surface area contributed by atoms with Gasteiger partial charge in [-0.3, -0.25) is 4.79 Å². The molecule has 0 bridgehead atoms. The predicted molar refractivity (Wildman–Crippen MR) is 68.1 cm³/mol. The van der Waals surface area contributed by atoms with Crippen molar-refractivity contribution in [3.05, 3.63) is 11.8 Å². The Labute approximate surface area is 101 Å². The predicted octanol–water partition coefficient (Wildman–Crippen LogP) is 0.717. The number of carbonyl (C=O) groups excluding carboxylic acids is 1. The van der Waals surface area contributed by atoms with E-state index in [1.54, 1.807) is 26.0 Å². The van der Waals surface area contributed by atoms with Crippen molar-refractivity contribution >= 4 is 17.7 Å². The zero-order chi connectivity index (χ0) is 12.8. The Morgan fingerprint density at radius 1 is 1.41 bits per heavy atom. The Morgan fingerprint density at radius 3 is 2.71 bits per heavy atom. The van der Waals surface area contributed by atoms with Crippen molar-refractivity contribution in [2.24, 2.45) is 0 Å². The molecule has 1 amide bonds. The van der Waals surface area contributed by atoms with Crippen LogP contribution in [0.15, 0.2) is 6.07 Å². The van der Waals surface area contributed by atoms with Gasteiger partial charge in [0.25, 0.3) is 0 Å². The first-order valence-corrected chi connectivity index (χ1v) is 5.50.